The van der Waals surface area contributed by atoms with E-state index in [2.05, 4.69) is 4.99 Å². The molecule has 0 aliphatic carbocycles. The molecule has 0 unspecified atom stereocenters. The first kappa shape index (κ1) is 9.71. The lowest BCUT2D eigenvalue weighted by atomic mass is 10.2. The number of halogens is 1. The smallest absolute Gasteiger partial charge is 0.125 e. The Morgan fingerprint density at radius 3 is 2.54 bits per heavy atom. The first-order chi connectivity index (χ1) is 6.24. The Hall–Kier alpha value is -1.38. The Morgan fingerprint density at radius 2 is 2.00 bits per heavy atom. The maximum Gasteiger partial charge on any atom is 0.125 e. The summed E-state index contributed by atoms with van der Waals surface area (Å²) in [7, 11) is 0. The van der Waals surface area contributed by atoms with Gasteiger partial charge < -0.3 is 5.73 Å². The van der Waals surface area contributed by atoms with E-state index in [-0.39, 0.29) is 5.82 Å². The topological polar surface area (TPSA) is 38.4 Å². The average molecular weight is 180 g/mol. The van der Waals surface area contributed by atoms with Crippen molar-refractivity contribution in [3.05, 3.63) is 35.6 Å². The third kappa shape index (κ3) is 2.86. The van der Waals surface area contributed by atoms with Crippen molar-refractivity contribution in [1.82, 2.24) is 0 Å². The quantitative estimate of drug-likeness (QED) is 0.560. The molecule has 0 aliphatic rings. The van der Waals surface area contributed by atoms with Crippen molar-refractivity contribution < 1.29 is 4.39 Å². The van der Waals surface area contributed by atoms with Gasteiger partial charge in [-0.2, -0.15) is 0 Å². The van der Waals surface area contributed by atoms with Crippen molar-refractivity contribution >= 4 is 5.84 Å². The molecule has 13 heavy (non-hydrogen) atoms. The van der Waals surface area contributed by atoms with Gasteiger partial charge in [0.1, 0.15) is 11.7 Å². The molecule has 2 N–H and O–H groups in total. The van der Waals surface area contributed by atoms with Gasteiger partial charge in [-0.25, -0.2) is 4.39 Å². The second kappa shape index (κ2) is 4.60. The summed E-state index contributed by atoms with van der Waals surface area (Å²) in [6.07, 6.45) is 0.960. The molecule has 0 saturated carbocycles. The van der Waals surface area contributed by atoms with E-state index in [4.69, 9.17) is 5.73 Å². The minimum absolute atomic E-state index is 0.257. The Balaban J connectivity index is 2.77. The zero-order valence-corrected chi connectivity index (χ0v) is 7.63. The summed E-state index contributed by atoms with van der Waals surface area (Å²) >= 11 is 0. The van der Waals surface area contributed by atoms with Crippen LogP contribution in [0.15, 0.2) is 29.3 Å². The van der Waals surface area contributed by atoms with Crippen molar-refractivity contribution in [3.8, 4) is 0 Å². The van der Waals surface area contributed by atoms with Gasteiger partial charge in [0.25, 0.3) is 0 Å². The molecule has 0 heterocycles. The molecule has 1 aromatic rings. The molecule has 1 rings (SSSR count). The van der Waals surface area contributed by atoms with Crippen molar-refractivity contribution in [2.75, 3.05) is 6.54 Å². The minimum Gasteiger partial charge on any atom is -0.384 e. The molecule has 0 atom stereocenters. The third-order valence-electron chi connectivity index (χ3n) is 1.65. The van der Waals surface area contributed by atoms with Gasteiger partial charge in [0.15, 0.2) is 0 Å². The minimum atomic E-state index is -0.257. The summed E-state index contributed by atoms with van der Waals surface area (Å²) in [4.78, 5) is 4.11. The maximum absolute atomic E-state index is 12.5. The number of nitrogens with two attached hydrogens (primary N) is 1. The number of rotatable bonds is 3. The van der Waals surface area contributed by atoms with E-state index in [1.165, 1.54) is 12.1 Å². The van der Waals surface area contributed by atoms with Gasteiger partial charge in [0.05, 0.1) is 0 Å². The number of benzene rings is 1. The molecular weight excluding hydrogens is 167 g/mol. The highest BCUT2D eigenvalue weighted by molar-refractivity contribution is 5.97. The van der Waals surface area contributed by atoms with E-state index in [1.54, 1.807) is 12.1 Å². The Kier molecular flexibility index (Phi) is 3.43. The third-order valence-corrected chi connectivity index (χ3v) is 1.65. The summed E-state index contributed by atoms with van der Waals surface area (Å²) in [5, 5.41) is 0. The molecule has 0 spiro atoms. The molecule has 2 nitrogen and oxygen atoms in total. The van der Waals surface area contributed by atoms with E-state index in [1.807, 2.05) is 6.92 Å². The normalized spacial score (nSPS) is 11.7. The molecule has 0 amide bonds. The van der Waals surface area contributed by atoms with E-state index in [0.717, 1.165) is 12.0 Å². The second-order valence-corrected chi connectivity index (χ2v) is 2.77. The highest BCUT2D eigenvalue weighted by Gasteiger charge is 1.96. The van der Waals surface area contributed by atoms with Crippen LogP contribution in [0.5, 0.6) is 0 Å². The molecule has 0 bridgehead atoms. The van der Waals surface area contributed by atoms with Crippen molar-refractivity contribution in [3.63, 3.8) is 0 Å². The maximum atomic E-state index is 12.5. The van der Waals surface area contributed by atoms with Crippen LogP contribution in [0.25, 0.3) is 0 Å². The number of hydrogen-bond donors (Lipinski definition) is 1. The highest BCUT2D eigenvalue weighted by atomic mass is 19.1. The van der Waals surface area contributed by atoms with E-state index < -0.39 is 0 Å². The lowest BCUT2D eigenvalue weighted by molar-refractivity contribution is 0.628. The molecule has 3 heteroatoms. The van der Waals surface area contributed by atoms with Crippen LogP contribution < -0.4 is 5.73 Å². The number of amidine groups is 1. The van der Waals surface area contributed by atoms with Gasteiger partial charge in [-0.05, 0) is 30.7 Å². The molecule has 0 saturated heterocycles. The monoisotopic (exact) mass is 180 g/mol. The van der Waals surface area contributed by atoms with Crippen LogP contribution in [0.3, 0.4) is 0 Å². The lowest BCUT2D eigenvalue weighted by Gasteiger charge is -1.99. The average Bonchev–Trinajstić information content (AvgIpc) is 2.15. The van der Waals surface area contributed by atoms with Gasteiger partial charge in [-0.15, -0.1) is 0 Å². The zero-order chi connectivity index (χ0) is 9.68. The fourth-order valence-corrected chi connectivity index (χ4v) is 0.944. The van der Waals surface area contributed by atoms with Crippen LogP contribution >= 0.6 is 0 Å². The number of aliphatic imine (C=N–C) groups is 1. The molecule has 70 valence electrons. The van der Waals surface area contributed by atoms with Crippen LogP contribution in [0.4, 0.5) is 4.39 Å². The molecule has 0 radical (unpaired) electrons. The second-order valence-electron chi connectivity index (χ2n) is 2.77. The van der Waals surface area contributed by atoms with Gasteiger partial charge in [0.2, 0.25) is 0 Å². The SMILES string of the molecule is CCCN=C(N)c1ccc(F)cc1. The first-order valence-electron chi connectivity index (χ1n) is 4.30. The molecule has 0 aromatic heterocycles. The molecule has 0 aliphatic heterocycles. The van der Waals surface area contributed by atoms with Crippen LogP contribution in [-0.2, 0) is 0 Å². The van der Waals surface area contributed by atoms with Gasteiger partial charge in [-0.3, -0.25) is 4.99 Å². The lowest BCUT2D eigenvalue weighted by Crippen LogP contribution is -2.13. The molecule has 1 aromatic carbocycles. The predicted molar refractivity (Wildman–Crippen MR) is 52.3 cm³/mol. The standard InChI is InChI=1S/C10H13FN2/c1-2-7-13-10(12)8-3-5-9(11)6-4-8/h3-6H,2,7H2,1H3,(H2,12,13). The zero-order valence-electron chi connectivity index (χ0n) is 7.63. The van der Waals surface area contributed by atoms with Crippen LogP contribution in [0.1, 0.15) is 18.9 Å². The summed E-state index contributed by atoms with van der Waals surface area (Å²) < 4.78 is 12.5. The molecule has 0 fully saturated rings. The van der Waals surface area contributed by atoms with E-state index >= 15 is 0 Å². The fraction of sp³-hybridized carbons (Fsp3) is 0.300. The summed E-state index contributed by atoms with van der Waals surface area (Å²) in [6, 6.07) is 6.01. The summed E-state index contributed by atoms with van der Waals surface area (Å²) in [6.45, 7) is 2.74. The Morgan fingerprint density at radius 1 is 1.38 bits per heavy atom. The number of nitrogens with zero attached hydrogens (tertiary/aromatic N) is 1. The van der Waals surface area contributed by atoms with Crippen LogP contribution in [0.2, 0.25) is 0 Å². The van der Waals surface area contributed by atoms with Crippen molar-refractivity contribution in [2.24, 2.45) is 10.7 Å². The van der Waals surface area contributed by atoms with Crippen LogP contribution in [-0.4, -0.2) is 12.4 Å². The summed E-state index contributed by atoms with van der Waals surface area (Å²) in [5.41, 5.74) is 6.43. The van der Waals surface area contributed by atoms with E-state index in [9.17, 15) is 4.39 Å². The highest BCUT2D eigenvalue weighted by Crippen LogP contribution is 2.02. The van der Waals surface area contributed by atoms with Gasteiger partial charge in [0, 0.05) is 12.1 Å². The number of hydrogen-bond acceptors (Lipinski definition) is 1. The van der Waals surface area contributed by atoms with Crippen molar-refractivity contribution in [1.29, 1.82) is 0 Å². The van der Waals surface area contributed by atoms with Crippen molar-refractivity contribution in [2.45, 2.75) is 13.3 Å². The fourth-order valence-electron chi connectivity index (χ4n) is 0.944. The summed E-state index contributed by atoms with van der Waals surface area (Å²) in [5.74, 6) is 0.217. The van der Waals surface area contributed by atoms with Gasteiger partial charge in [-0.1, -0.05) is 6.92 Å². The Labute approximate surface area is 77.3 Å². The van der Waals surface area contributed by atoms with Crippen LogP contribution in [0, 0.1) is 5.82 Å². The predicted octanol–water partition coefficient (Wildman–Crippen LogP) is 1.94. The van der Waals surface area contributed by atoms with E-state index in [0.29, 0.717) is 12.4 Å². The first-order valence-corrected chi connectivity index (χ1v) is 4.30. The largest absolute Gasteiger partial charge is 0.384 e. The molecular formula is C10H13FN2. The van der Waals surface area contributed by atoms with Gasteiger partial charge >= 0.3 is 0 Å². The Bertz CT molecular complexity index is 290.